The lowest BCUT2D eigenvalue weighted by atomic mass is 10.2. The molecule has 0 aliphatic carbocycles. The second-order valence-electron chi connectivity index (χ2n) is 7.07. The van der Waals surface area contributed by atoms with Gasteiger partial charge in [-0.3, -0.25) is 14.5 Å². The van der Waals surface area contributed by atoms with Gasteiger partial charge in [-0.1, -0.05) is 17.7 Å². The van der Waals surface area contributed by atoms with Crippen LogP contribution in [0.5, 0.6) is 5.88 Å². The molecule has 7 heteroatoms. The highest BCUT2D eigenvalue weighted by Gasteiger charge is 2.26. The van der Waals surface area contributed by atoms with Crippen LogP contribution in [0.1, 0.15) is 29.9 Å². The molecular formula is C20H26N4O3. The van der Waals surface area contributed by atoms with E-state index in [1.54, 1.807) is 4.90 Å². The Balaban J connectivity index is 1.91. The number of nitrogens with zero attached hydrogens (tertiary/aromatic N) is 4. The molecular weight excluding hydrogens is 344 g/mol. The number of benzene rings is 1. The lowest BCUT2D eigenvalue weighted by molar-refractivity contribution is 0.0586. The van der Waals surface area contributed by atoms with Crippen molar-refractivity contribution in [2.24, 2.45) is 0 Å². The average molecular weight is 370 g/mol. The van der Waals surface area contributed by atoms with Crippen LogP contribution < -0.4 is 10.2 Å². The molecule has 0 N–H and O–H groups in total. The lowest BCUT2D eigenvalue weighted by Crippen LogP contribution is -2.51. The van der Waals surface area contributed by atoms with E-state index in [9.17, 15) is 9.59 Å². The Morgan fingerprint density at radius 2 is 1.74 bits per heavy atom. The number of amides is 1. The fraction of sp³-hybridized carbons (Fsp3) is 0.450. The van der Waals surface area contributed by atoms with Crippen LogP contribution in [-0.2, 0) is 0 Å². The van der Waals surface area contributed by atoms with Crippen LogP contribution in [0.25, 0.3) is 5.69 Å². The van der Waals surface area contributed by atoms with Crippen LogP contribution in [0.2, 0.25) is 0 Å². The number of aryl methyl sites for hydroxylation is 1. The zero-order valence-corrected chi connectivity index (χ0v) is 16.3. The summed E-state index contributed by atoms with van der Waals surface area (Å²) < 4.78 is 6.80. The summed E-state index contributed by atoms with van der Waals surface area (Å²) in [5, 5.41) is 4.35. The van der Waals surface area contributed by atoms with Gasteiger partial charge in [-0.05, 0) is 32.9 Å². The Labute approximate surface area is 159 Å². The Bertz CT molecular complexity index is 866. The molecule has 1 amide bonds. The van der Waals surface area contributed by atoms with Gasteiger partial charge in [-0.2, -0.15) is 5.10 Å². The van der Waals surface area contributed by atoms with Gasteiger partial charge in [-0.15, -0.1) is 0 Å². The largest absolute Gasteiger partial charge is 0.481 e. The molecule has 1 aromatic heterocycles. The molecule has 0 saturated carbocycles. The van der Waals surface area contributed by atoms with E-state index in [0.717, 1.165) is 24.3 Å². The molecule has 0 unspecified atom stereocenters. The van der Waals surface area contributed by atoms with E-state index < -0.39 is 5.43 Å². The standard InChI is InChI=1S/C20H26N4O3/c1-14(2)22-9-11-23(12-10-22)20(26)19-17(25)13-18(27-4)24(21-19)16-7-5-15(3)6-8-16/h5-8,13-14H,9-12H2,1-4H3. The Hall–Kier alpha value is -2.67. The summed E-state index contributed by atoms with van der Waals surface area (Å²) in [6.07, 6.45) is 0. The summed E-state index contributed by atoms with van der Waals surface area (Å²) in [5.41, 5.74) is 1.34. The Morgan fingerprint density at radius 3 is 2.30 bits per heavy atom. The molecule has 144 valence electrons. The molecule has 27 heavy (non-hydrogen) atoms. The summed E-state index contributed by atoms with van der Waals surface area (Å²) in [5.74, 6) is -0.0306. The number of ether oxygens (including phenoxy) is 1. The van der Waals surface area contributed by atoms with Gasteiger partial charge in [0.2, 0.25) is 11.3 Å². The number of hydrogen-bond donors (Lipinski definition) is 0. The average Bonchev–Trinajstić information content (AvgIpc) is 2.68. The zero-order valence-electron chi connectivity index (χ0n) is 16.3. The van der Waals surface area contributed by atoms with Crippen molar-refractivity contribution in [3.63, 3.8) is 0 Å². The van der Waals surface area contributed by atoms with E-state index in [2.05, 4.69) is 23.8 Å². The molecule has 0 radical (unpaired) electrons. The molecule has 0 spiro atoms. The summed E-state index contributed by atoms with van der Waals surface area (Å²) >= 11 is 0. The van der Waals surface area contributed by atoms with E-state index in [0.29, 0.717) is 25.0 Å². The van der Waals surface area contributed by atoms with Crippen molar-refractivity contribution in [3.05, 3.63) is 51.8 Å². The molecule has 3 rings (SSSR count). The second-order valence-corrected chi connectivity index (χ2v) is 7.07. The van der Waals surface area contributed by atoms with Gasteiger partial charge >= 0.3 is 0 Å². The van der Waals surface area contributed by atoms with Gasteiger partial charge in [0.15, 0.2) is 5.69 Å². The van der Waals surface area contributed by atoms with Crippen molar-refractivity contribution < 1.29 is 9.53 Å². The second kappa shape index (κ2) is 7.92. The van der Waals surface area contributed by atoms with Crippen LogP contribution in [0.3, 0.4) is 0 Å². The highest BCUT2D eigenvalue weighted by molar-refractivity contribution is 5.92. The molecule has 7 nitrogen and oxygen atoms in total. The van der Waals surface area contributed by atoms with Crippen molar-refractivity contribution in [1.29, 1.82) is 0 Å². The number of carbonyl (C=O) groups is 1. The number of hydrogen-bond acceptors (Lipinski definition) is 5. The number of rotatable bonds is 4. The summed E-state index contributed by atoms with van der Waals surface area (Å²) in [6, 6.07) is 9.42. The monoisotopic (exact) mass is 370 g/mol. The van der Waals surface area contributed by atoms with Crippen molar-refractivity contribution in [2.75, 3.05) is 33.3 Å². The molecule has 2 aromatic rings. The molecule has 0 atom stereocenters. The first kappa shape index (κ1) is 19.1. The van der Waals surface area contributed by atoms with Gasteiger partial charge in [0.1, 0.15) is 0 Å². The van der Waals surface area contributed by atoms with Crippen LogP contribution in [0, 0.1) is 6.92 Å². The normalized spacial score (nSPS) is 15.2. The molecule has 1 aliphatic rings. The van der Waals surface area contributed by atoms with E-state index >= 15 is 0 Å². The third-order valence-electron chi connectivity index (χ3n) is 4.92. The van der Waals surface area contributed by atoms with Crippen LogP contribution in [0.4, 0.5) is 0 Å². The predicted octanol–water partition coefficient (Wildman–Crippen LogP) is 1.72. The molecule has 1 aliphatic heterocycles. The minimum atomic E-state index is -0.425. The molecule has 0 bridgehead atoms. The van der Waals surface area contributed by atoms with Crippen molar-refractivity contribution in [3.8, 4) is 11.6 Å². The minimum Gasteiger partial charge on any atom is -0.481 e. The van der Waals surface area contributed by atoms with Gasteiger partial charge in [0.05, 0.1) is 18.9 Å². The van der Waals surface area contributed by atoms with Crippen molar-refractivity contribution in [1.82, 2.24) is 19.6 Å². The van der Waals surface area contributed by atoms with Crippen LogP contribution in [-0.4, -0.2) is 64.8 Å². The van der Waals surface area contributed by atoms with E-state index in [1.165, 1.54) is 17.9 Å². The number of aromatic nitrogens is 2. The quantitative estimate of drug-likeness (QED) is 0.820. The summed E-state index contributed by atoms with van der Waals surface area (Å²) in [4.78, 5) is 29.4. The number of methoxy groups -OCH3 is 1. The van der Waals surface area contributed by atoms with Gasteiger partial charge in [0.25, 0.3) is 5.91 Å². The minimum absolute atomic E-state index is 0.0747. The maximum Gasteiger partial charge on any atom is 0.278 e. The highest BCUT2D eigenvalue weighted by Crippen LogP contribution is 2.16. The summed E-state index contributed by atoms with van der Waals surface area (Å²) in [7, 11) is 1.48. The molecule has 2 heterocycles. The number of carbonyl (C=O) groups excluding carboxylic acids is 1. The Kier molecular flexibility index (Phi) is 5.60. The molecule has 1 saturated heterocycles. The fourth-order valence-electron chi connectivity index (χ4n) is 3.20. The van der Waals surface area contributed by atoms with Gasteiger partial charge in [-0.25, -0.2) is 4.68 Å². The van der Waals surface area contributed by atoms with Crippen molar-refractivity contribution >= 4 is 5.91 Å². The zero-order chi connectivity index (χ0) is 19.6. The van der Waals surface area contributed by atoms with E-state index in [1.807, 2.05) is 31.2 Å². The van der Waals surface area contributed by atoms with Crippen LogP contribution in [0.15, 0.2) is 35.1 Å². The van der Waals surface area contributed by atoms with E-state index in [-0.39, 0.29) is 11.6 Å². The molecule has 1 aromatic carbocycles. The van der Waals surface area contributed by atoms with Gasteiger partial charge < -0.3 is 9.64 Å². The first-order valence-corrected chi connectivity index (χ1v) is 9.19. The maximum absolute atomic E-state index is 12.9. The first-order chi connectivity index (χ1) is 12.9. The maximum atomic E-state index is 12.9. The smallest absolute Gasteiger partial charge is 0.278 e. The lowest BCUT2D eigenvalue weighted by Gasteiger charge is -2.36. The predicted molar refractivity (Wildman–Crippen MR) is 104 cm³/mol. The Morgan fingerprint density at radius 1 is 1.11 bits per heavy atom. The fourth-order valence-corrected chi connectivity index (χ4v) is 3.20. The topological polar surface area (TPSA) is 67.7 Å². The summed E-state index contributed by atoms with van der Waals surface area (Å²) in [6.45, 7) is 9.05. The van der Waals surface area contributed by atoms with Crippen molar-refractivity contribution in [2.45, 2.75) is 26.8 Å². The SMILES string of the molecule is COc1cc(=O)c(C(=O)N2CCN(C(C)C)CC2)nn1-c1ccc(C)cc1. The third kappa shape index (κ3) is 4.03. The van der Waals surface area contributed by atoms with Gasteiger partial charge in [0, 0.05) is 32.2 Å². The number of piperazine rings is 1. The van der Waals surface area contributed by atoms with Crippen LogP contribution >= 0.6 is 0 Å². The highest BCUT2D eigenvalue weighted by atomic mass is 16.5. The molecule has 1 fully saturated rings. The first-order valence-electron chi connectivity index (χ1n) is 9.19. The third-order valence-corrected chi connectivity index (χ3v) is 4.92. The van der Waals surface area contributed by atoms with E-state index in [4.69, 9.17) is 4.74 Å².